The summed E-state index contributed by atoms with van der Waals surface area (Å²) in [5, 5.41) is 13.0. The summed E-state index contributed by atoms with van der Waals surface area (Å²) in [6, 6.07) is 17.3. The number of benzene rings is 2. The maximum absolute atomic E-state index is 12.6. The van der Waals surface area contributed by atoms with E-state index in [0.717, 1.165) is 34.4 Å². The van der Waals surface area contributed by atoms with Crippen LogP contribution < -0.4 is 0 Å². The Morgan fingerprint density at radius 3 is 2.33 bits per heavy atom. The quantitative estimate of drug-likeness (QED) is 0.761. The van der Waals surface area contributed by atoms with Gasteiger partial charge in [-0.15, -0.1) is 0 Å². The van der Waals surface area contributed by atoms with Crippen molar-refractivity contribution in [3.63, 3.8) is 0 Å². The van der Waals surface area contributed by atoms with E-state index in [1.165, 1.54) is 0 Å². The van der Waals surface area contributed by atoms with Gasteiger partial charge < -0.3 is 5.11 Å². The summed E-state index contributed by atoms with van der Waals surface area (Å²) < 4.78 is 12.6. The average Bonchev–Trinajstić information content (AvgIpc) is 2.60. The molecule has 0 fully saturated rings. The molecule has 2 atom stereocenters. The number of rotatable bonds is 7. The highest BCUT2D eigenvalue weighted by atomic mass is 32.2. The molecule has 0 radical (unpaired) electrons. The van der Waals surface area contributed by atoms with Gasteiger partial charge in [0.15, 0.2) is 0 Å². The van der Waals surface area contributed by atoms with E-state index < -0.39 is 16.4 Å². The van der Waals surface area contributed by atoms with Crippen LogP contribution in [0.15, 0.2) is 70.5 Å². The van der Waals surface area contributed by atoms with Gasteiger partial charge in [-0.05, 0) is 43.5 Å². The Labute approximate surface area is 147 Å². The lowest BCUT2D eigenvalue weighted by molar-refractivity contribution is 0.0643. The van der Waals surface area contributed by atoms with Crippen LogP contribution in [0.1, 0.15) is 44.2 Å². The smallest absolute Gasteiger partial charge is 0.111 e. The first-order valence-electron chi connectivity index (χ1n) is 8.41. The maximum atomic E-state index is 12.6. The fraction of sp³-hybridized carbons (Fsp3) is 0.333. The molecule has 2 rings (SSSR count). The molecule has 1 N–H and O–H groups in total. The molecule has 24 heavy (non-hydrogen) atoms. The normalized spacial score (nSPS) is 15.8. The largest absolute Gasteiger partial charge is 0.381 e. The summed E-state index contributed by atoms with van der Waals surface area (Å²) in [6.45, 7) is 5.98. The third-order valence-electron chi connectivity index (χ3n) is 4.33. The molecule has 0 aliphatic rings. The molecule has 1 unspecified atom stereocenters. The van der Waals surface area contributed by atoms with E-state index in [1.54, 1.807) is 5.41 Å². The molecule has 0 heterocycles. The van der Waals surface area contributed by atoms with Crippen molar-refractivity contribution in [1.82, 2.24) is 0 Å². The fourth-order valence-corrected chi connectivity index (χ4v) is 3.77. The minimum absolute atomic E-state index is 0.626. The number of aryl methyl sites for hydroxylation is 1. The van der Waals surface area contributed by atoms with E-state index in [0.29, 0.717) is 6.42 Å². The van der Waals surface area contributed by atoms with Gasteiger partial charge in [0, 0.05) is 10.3 Å². The molecule has 0 spiro atoms. The first-order chi connectivity index (χ1) is 11.5. The molecule has 2 aromatic rings. The van der Waals surface area contributed by atoms with E-state index >= 15 is 0 Å². The summed E-state index contributed by atoms with van der Waals surface area (Å²) in [5.74, 6) is 0. The van der Waals surface area contributed by atoms with Gasteiger partial charge in [-0.1, -0.05) is 67.8 Å². The first kappa shape index (κ1) is 18.6. The Morgan fingerprint density at radius 2 is 1.75 bits per heavy atom. The minimum Gasteiger partial charge on any atom is -0.381 e. The monoisotopic (exact) mass is 342 g/mol. The van der Waals surface area contributed by atoms with Gasteiger partial charge >= 0.3 is 0 Å². The summed E-state index contributed by atoms with van der Waals surface area (Å²) in [4.78, 5) is 0.755. The third kappa shape index (κ3) is 4.43. The summed E-state index contributed by atoms with van der Waals surface area (Å²) in [7, 11) is -1.27. The van der Waals surface area contributed by atoms with E-state index in [9.17, 15) is 9.32 Å². The number of aliphatic hydroxyl groups is 1. The summed E-state index contributed by atoms with van der Waals surface area (Å²) in [6.07, 6.45) is 2.54. The highest BCUT2D eigenvalue weighted by Crippen LogP contribution is 2.35. The van der Waals surface area contributed by atoms with Crippen LogP contribution in [0.2, 0.25) is 0 Å². The second-order valence-corrected chi connectivity index (χ2v) is 7.54. The van der Waals surface area contributed by atoms with Gasteiger partial charge in [-0.25, -0.2) is 4.21 Å². The Balaban J connectivity index is 2.34. The van der Waals surface area contributed by atoms with Crippen LogP contribution in [-0.4, -0.2) is 9.32 Å². The Kier molecular flexibility index (Phi) is 6.52. The fourth-order valence-electron chi connectivity index (χ4n) is 2.71. The molecule has 0 saturated carbocycles. The standard InChI is InChI=1S/C21H26O2S/c1-4-5-15-21(22,19-9-7-6-8-10-19)18(3)16-24(23)20-13-11-17(2)12-14-20/h6-14,16,22H,4-5,15H2,1-3H3/b18-16-/t21-,24?/m0/s1. The molecule has 0 aromatic heterocycles. The van der Waals surface area contributed by atoms with Gasteiger partial charge in [-0.3, -0.25) is 0 Å². The Morgan fingerprint density at radius 1 is 1.12 bits per heavy atom. The maximum Gasteiger partial charge on any atom is 0.111 e. The predicted octanol–water partition coefficient (Wildman–Crippen LogP) is 5.08. The van der Waals surface area contributed by atoms with Crippen molar-refractivity contribution >= 4 is 10.8 Å². The number of unbranched alkanes of at least 4 members (excludes halogenated alkanes) is 1. The van der Waals surface area contributed by atoms with Crippen LogP contribution in [-0.2, 0) is 16.4 Å². The lowest BCUT2D eigenvalue weighted by Crippen LogP contribution is -2.27. The van der Waals surface area contributed by atoms with Crippen LogP contribution in [0.5, 0.6) is 0 Å². The molecule has 3 heteroatoms. The van der Waals surface area contributed by atoms with Crippen LogP contribution in [0.4, 0.5) is 0 Å². The van der Waals surface area contributed by atoms with E-state index in [-0.39, 0.29) is 0 Å². The van der Waals surface area contributed by atoms with Gasteiger partial charge in [0.25, 0.3) is 0 Å². The minimum atomic E-state index is -1.27. The van der Waals surface area contributed by atoms with Crippen molar-refractivity contribution in [3.8, 4) is 0 Å². The van der Waals surface area contributed by atoms with Gasteiger partial charge in [0.05, 0.1) is 10.8 Å². The molecular weight excluding hydrogens is 316 g/mol. The van der Waals surface area contributed by atoms with E-state index in [1.807, 2.05) is 68.4 Å². The summed E-state index contributed by atoms with van der Waals surface area (Å²) in [5.41, 5.74) is 1.66. The van der Waals surface area contributed by atoms with Crippen molar-refractivity contribution in [2.75, 3.05) is 0 Å². The van der Waals surface area contributed by atoms with E-state index in [2.05, 4.69) is 6.92 Å². The molecule has 2 nitrogen and oxygen atoms in total. The average molecular weight is 343 g/mol. The second kappa shape index (κ2) is 8.41. The highest BCUT2D eigenvalue weighted by molar-refractivity contribution is 7.88. The van der Waals surface area contributed by atoms with Crippen LogP contribution in [0, 0.1) is 6.92 Å². The third-order valence-corrected chi connectivity index (χ3v) is 5.64. The first-order valence-corrected chi connectivity index (χ1v) is 9.62. The van der Waals surface area contributed by atoms with Gasteiger partial charge in [0.2, 0.25) is 0 Å². The predicted molar refractivity (Wildman–Crippen MR) is 101 cm³/mol. The van der Waals surface area contributed by atoms with Crippen LogP contribution in [0.25, 0.3) is 0 Å². The van der Waals surface area contributed by atoms with Gasteiger partial charge in [0.1, 0.15) is 5.60 Å². The van der Waals surface area contributed by atoms with Crippen molar-refractivity contribution in [2.24, 2.45) is 0 Å². The molecule has 0 aliphatic heterocycles. The molecule has 0 saturated heterocycles. The molecule has 0 aliphatic carbocycles. The molecule has 2 aromatic carbocycles. The molecule has 0 amide bonds. The SMILES string of the molecule is CCCC[C@](O)(/C(C)=C\S(=O)c1ccc(C)cc1)c1ccccc1. The van der Waals surface area contributed by atoms with Crippen molar-refractivity contribution in [1.29, 1.82) is 0 Å². The lowest BCUT2D eigenvalue weighted by Gasteiger charge is -2.30. The zero-order chi connectivity index (χ0) is 17.6. The zero-order valence-corrected chi connectivity index (χ0v) is 15.5. The zero-order valence-electron chi connectivity index (χ0n) is 14.7. The van der Waals surface area contributed by atoms with Gasteiger partial charge in [-0.2, -0.15) is 0 Å². The van der Waals surface area contributed by atoms with Crippen molar-refractivity contribution in [2.45, 2.75) is 50.5 Å². The summed E-state index contributed by atoms with van der Waals surface area (Å²) >= 11 is 0. The Hall–Kier alpha value is -1.71. The molecule has 0 bridgehead atoms. The molecule has 128 valence electrons. The van der Waals surface area contributed by atoms with Crippen molar-refractivity contribution in [3.05, 3.63) is 76.7 Å². The van der Waals surface area contributed by atoms with E-state index in [4.69, 9.17) is 0 Å². The molecular formula is C21H26O2S. The lowest BCUT2D eigenvalue weighted by atomic mass is 9.83. The number of hydrogen-bond acceptors (Lipinski definition) is 2. The van der Waals surface area contributed by atoms with Crippen molar-refractivity contribution < 1.29 is 9.32 Å². The van der Waals surface area contributed by atoms with Crippen LogP contribution >= 0.6 is 0 Å². The highest BCUT2D eigenvalue weighted by Gasteiger charge is 2.31. The van der Waals surface area contributed by atoms with Crippen LogP contribution in [0.3, 0.4) is 0 Å². The second-order valence-electron chi connectivity index (χ2n) is 6.24. The number of hydrogen-bond donors (Lipinski definition) is 1. The Bertz CT molecular complexity index is 704. The topological polar surface area (TPSA) is 37.3 Å².